The van der Waals surface area contributed by atoms with Crippen LogP contribution in [0.25, 0.3) is 10.9 Å². The summed E-state index contributed by atoms with van der Waals surface area (Å²) in [7, 11) is 0. The standard InChI is InChI=1S/C37H28Br2N2O3/c38-31-18-16-26(17-19-31)24-41-25-27(33-23-32(39)20-21-35(33)41)22-34(36(42)43)40-44-37(28-10-4-1-5-11-28,29-12-6-2-7-13-29)30-14-8-3-9-15-30/h1-21,23,25H,22,24H2,(H,42,43)/b40-34+. The number of benzene rings is 5. The first-order valence-electron chi connectivity index (χ1n) is 14.1. The first-order valence-corrected chi connectivity index (χ1v) is 15.7. The second kappa shape index (κ2) is 13.0. The van der Waals surface area contributed by atoms with Gasteiger partial charge in [-0.25, -0.2) is 4.79 Å². The highest BCUT2D eigenvalue weighted by Gasteiger charge is 2.40. The van der Waals surface area contributed by atoms with Crippen LogP contribution < -0.4 is 0 Å². The van der Waals surface area contributed by atoms with E-state index in [1.807, 2.05) is 128 Å². The van der Waals surface area contributed by atoms with Crippen LogP contribution in [0.5, 0.6) is 0 Å². The van der Waals surface area contributed by atoms with Crippen LogP contribution in [0.2, 0.25) is 0 Å². The van der Waals surface area contributed by atoms with E-state index in [1.165, 1.54) is 0 Å². The number of carboxylic acids is 1. The Morgan fingerprint density at radius 2 is 1.25 bits per heavy atom. The fourth-order valence-corrected chi connectivity index (χ4v) is 6.15. The molecule has 1 aromatic heterocycles. The Balaban J connectivity index is 1.44. The molecule has 1 N–H and O–H groups in total. The molecule has 0 fully saturated rings. The van der Waals surface area contributed by atoms with Gasteiger partial charge in [0.05, 0.1) is 0 Å². The summed E-state index contributed by atoms with van der Waals surface area (Å²) < 4.78 is 4.07. The van der Waals surface area contributed by atoms with E-state index in [0.717, 1.165) is 47.7 Å². The summed E-state index contributed by atoms with van der Waals surface area (Å²) in [6.07, 6.45) is 2.08. The van der Waals surface area contributed by atoms with Crippen molar-refractivity contribution in [2.45, 2.75) is 18.6 Å². The number of hydrogen-bond acceptors (Lipinski definition) is 3. The van der Waals surface area contributed by atoms with Crippen LogP contribution >= 0.6 is 31.9 Å². The summed E-state index contributed by atoms with van der Waals surface area (Å²) in [5, 5.41) is 15.8. The monoisotopic (exact) mass is 706 g/mol. The molecule has 0 aliphatic heterocycles. The van der Waals surface area contributed by atoms with Crippen LogP contribution in [0, 0.1) is 0 Å². The van der Waals surface area contributed by atoms with Gasteiger partial charge < -0.3 is 14.5 Å². The number of halogens is 2. The lowest BCUT2D eigenvalue weighted by atomic mass is 9.80. The van der Waals surface area contributed by atoms with E-state index in [1.54, 1.807) is 0 Å². The molecule has 0 radical (unpaired) electrons. The van der Waals surface area contributed by atoms with Crippen LogP contribution in [0.4, 0.5) is 0 Å². The number of nitrogens with zero attached hydrogens (tertiary/aromatic N) is 2. The highest BCUT2D eigenvalue weighted by atomic mass is 79.9. The first kappa shape index (κ1) is 29.6. The zero-order chi connectivity index (χ0) is 30.5. The zero-order valence-electron chi connectivity index (χ0n) is 23.6. The number of hydrogen-bond donors (Lipinski definition) is 1. The lowest BCUT2D eigenvalue weighted by molar-refractivity contribution is -0.129. The van der Waals surface area contributed by atoms with Gasteiger partial charge in [0.2, 0.25) is 5.60 Å². The molecule has 0 bridgehead atoms. The number of aromatic nitrogens is 1. The van der Waals surface area contributed by atoms with Crippen molar-refractivity contribution in [2.75, 3.05) is 0 Å². The van der Waals surface area contributed by atoms with Crippen molar-refractivity contribution in [3.05, 3.63) is 176 Å². The van der Waals surface area contributed by atoms with E-state index in [0.29, 0.717) is 6.54 Å². The number of rotatable bonds is 10. The number of fused-ring (bicyclic) bond motifs is 1. The van der Waals surface area contributed by atoms with Crippen LogP contribution in [-0.2, 0) is 28.2 Å². The zero-order valence-corrected chi connectivity index (χ0v) is 26.8. The summed E-state index contributed by atoms with van der Waals surface area (Å²) in [5.74, 6) is -1.14. The molecule has 5 aromatic carbocycles. The molecule has 5 nitrogen and oxygen atoms in total. The van der Waals surface area contributed by atoms with Gasteiger partial charge >= 0.3 is 5.97 Å². The van der Waals surface area contributed by atoms with Crippen LogP contribution in [0.3, 0.4) is 0 Å². The van der Waals surface area contributed by atoms with E-state index >= 15 is 0 Å². The molecule has 0 saturated carbocycles. The minimum atomic E-state index is -1.18. The number of carboxylic acid groups (broad SMARTS) is 1. The third-order valence-corrected chi connectivity index (χ3v) is 8.65. The molecule has 0 amide bonds. The number of oxime groups is 1. The molecule has 6 aromatic rings. The smallest absolute Gasteiger partial charge is 0.354 e. The minimum Gasteiger partial charge on any atom is -0.477 e. The highest BCUT2D eigenvalue weighted by molar-refractivity contribution is 9.10. The summed E-state index contributed by atoms with van der Waals surface area (Å²) in [5.41, 5.74) is 4.20. The first-order chi connectivity index (χ1) is 21.4. The topological polar surface area (TPSA) is 63.8 Å². The van der Waals surface area contributed by atoms with Gasteiger partial charge in [0.15, 0.2) is 5.71 Å². The maximum atomic E-state index is 12.7. The quantitative estimate of drug-likeness (QED) is 0.0878. The fraction of sp³-hybridized carbons (Fsp3) is 0.0811. The Morgan fingerprint density at radius 1 is 0.727 bits per heavy atom. The van der Waals surface area contributed by atoms with Crippen molar-refractivity contribution >= 4 is 54.4 Å². The lowest BCUT2D eigenvalue weighted by Gasteiger charge is -2.33. The Hall–Kier alpha value is -4.46. The van der Waals surface area contributed by atoms with Gasteiger partial charge in [-0.15, -0.1) is 0 Å². The summed E-state index contributed by atoms with van der Waals surface area (Å²) in [6.45, 7) is 0.639. The van der Waals surface area contributed by atoms with Crippen molar-refractivity contribution in [2.24, 2.45) is 5.16 Å². The summed E-state index contributed by atoms with van der Waals surface area (Å²) in [4.78, 5) is 19.3. The van der Waals surface area contributed by atoms with Crippen LogP contribution in [-0.4, -0.2) is 21.4 Å². The SMILES string of the molecule is O=C(O)/C(Cc1cn(Cc2ccc(Br)cc2)c2ccc(Br)cc12)=N/OC(c1ccccc1)(c1ccccc1)c1ccccc1. The van der Waals surface area contributed by atoms with Crippen LogP contribution in [0.1, 0.15) is 27.8 Å². The predicted octanol–water partition coefficient (Wildman–Crippen LogP) is 9.21. The minimum absolute atomic E-state index is 0.0735. The maximum Gasteiger partial charge on any atom is 0.354 e. The van der Waals surface area contributed by atoms with Gasteiger partial charge in [0.1, 0.15) is 0 Å². The molecule has 0 atom stereocenters. The van der Waals surface area contributed by atoms with Gasteiger partial charge in [-0.1, -0.05) is 140 Å². The number of aliphatic carboxylic acids is 1. The average Bonchev–Trinajstić information content (AvgIpc) is 3.38. The Bertz CT molecular complexity index is 1820. The molecule has 6 rings (SSSR count). The second-order valence-electron chi connectivity index (χ2n) is 10.5. The molecule has 0 aliphatic carbocycles. The Morgan fingerprint density at radius 3 is 1.77 bits per heavy atom. The van der Waals surface area contributed by atoms with E-state index < -0.39 is 11.6 Å². The molecule has 0 unspecified atom stereocenters. The molecule has 218 valence electrons. The average molecular weight is 708 g/mol. The van der Waals surface area contributed by atoms with Gasteiger partial charge in [-0.05, 0) is 41.5 Å². The molecule has 0 aliphatic rings. The third-order valence-electron chi connectivity index (χ3n) is 7.63. The molecule has 0 spiro atoms. The van der Waals surface area contributed by atoms with E-state index in [-0.39, 0.29) is 12.1 Å². The predicted molar refractivity (Wildman–Crippen MR) is 182 cm³/mol. The van der Waals surface area contributed by atoms with Crippen LogP contribution in [0.15, 0.2) is 154 Å². The molecular weight excluding hydrogens is 680 g/mol. The van der Waals surface area contributed by atoms with Crippen molar-refractivity contribution in [1.82, 2.24) is 4.57 Å². The van der Waals surface area contributed by atoms with E-state index in [9.17, 15) is 9.90 Å². The molecule has 1 heterocycles. The lowest BCUT2D eigenvalue weighted by Crippen LogP contribution is -2.32. The third kappa shape index (κ3) is 6.11. The fourth-order valence-electron chi connectivity index (χ4n) is 5.53. The number of carbonyl (C=O) groups is 1. The molecule has 7 heteroatoms. The Kier molecular flexibility index (Phi) is 8.77. The largest absolute Gasteiger partial charge is 0.477 e. The highest BCUT2D eigenvalue weighted by Crippen LogP contribution is 2.41. The summed E-state index contributed by atoms with van der Waals surface area (Å²) in [6, 6.07) is 43.6. The van der Waals surface area contributed by atoms with Crippen molar-refractivity contribution in [3.63, 3.8) is 0 Å². The van der Waals surface area contributed by atoms with Gasteiger partial charge in [0, 0.05) is 55.7 Å². The van der Waals surface area contributed by atoms with E-state index in [2.05, 4.69) is 53.7 Å². The Labute approximate surface area is 272 Å². The van der Waals surface area contributed by atoms with E-state index in [4.69, 9.17) is 4.84 Å². The van der Waals surface area contributed by atoms with Gasteiger partial charge in [-0.2, -0.15) is 0 Å². The molecule has 44 heavy (non-hydrogen) atoms. The van der Waals surface area contributed by atoms with Gasteiger partial charge in [-0.3, -0.25) is 0 Å². The van der Waals surface area contributed by atoms with Crippen molar-refractivity contribution in [1.29, 1.82) is 0 Å². The van der Waals surface area contributed by atoms with Gasteiger partial charge in [0.25, 0.3) is 0 Å². The van der Waals surface area contributed by atoms with Crippen molar-refractivity contribution in [3.8, 4) is 0 Å². The normalized spacial score (nSPS) is 11.9. The molecule has 0 saturated heterocycles. The second-order valence-corrected chi connectivity index (χ2v) is 12.3. The molecular formula is C37H28Br2N2O3. The maximum absolute atomic E-state index is 12.7. The summed E-state index contributed by atoms with van der Waals surface area (Å²) >= 11 is 7.10. The van der Waals surface area contributed by atoms with Crippen molar-refractivity contribution < 1.29 is 14.7 Å².